The number of amides is 2. The van der Waals surface area contributed by atoms with Crippen LogP contribution < -0.4 is 11.5 Å². The normalized spacial score (nSPS) is 16.6. The van der Waals surface area contributed by atoms with Gasteiger partial charge in [-0.1, -0.05) is 18.2 Å². The second-order valence-corrected chi connectivity index (χ2v) is 8.74. The molecule has 2 aromatic heterocycles. The molecule has 1 aliphatic heterocycles. The Balaban J connectivity index is 1.68. The number of aromatic nitrogens is 3. The summed E-state index contributed by atoms with van der Waals surface area (Å²) in [6.45, 7) is 4.02. The maximum absolute atomic E-state index is 13.2. The van der Waals surface area contributed by atoms with Gasteiger partial charge in [0, 0.05) is 49.2 Å². The van der Waals surface area contributed by atoms with Crippen molar-refractivity contribution < 1.29 is 9.59 Å². The van der Waals surface area contributed by atoms with Crippen LogP contribution in [0.15, 0.2) is 42.5 Å². The Morgan fingerprint density at radius 3 is 2.70 bits per heavy atom. The molecule has 0 unspecified atom stereocenters. The van der Waals surface area contributed by atoms with Crippen molar-refractivity contribution >= 4 is 33.8 Å². The molecule has 0 bridgehead atoms. The smallest absolute Gasteiger partial charge is 0.254 e. The molecule has 8 nitrogen and oxygen atoms in total. The number of primary amides is 1. The molecule has 0 radical (unpaired) electrons. The van der Waals surface area contributed by atoms with Gasteiger partial charge in [-0.15, -0.1) is 0 Å². The Bertz CT molecular complexity index is 1400. The Morgan fingerprint density at radius 2 is 1.97 bits per heavy atom. The first kappa shape index (κ1) is 21.2. The second kappa shape index (κ2) is 8.04. The molecule has 1 atom stereocenters. The number of aryl methyl sites for hydroxylation is 2. The quantitative estimate of drug-likeness (QED) is 0.504. The van der Waals surface area contributed by atoms with E-state index in [9.17, 15) is 9.59 Å². The van der Waals surface area contributed by atoms with Gasteiger partial charge in [0.25, 0.3) is 11.8 Å². The number of carbonyl (C=O) groups excluding carboxylic acids is 2. The number of imidazole rings is 1. The predicted octanol–water partition coefficient (Wildman–Crippen LogP) is 2.88. The molecule has 0 saturated carbocycles. The van der Waals surface area contributed by atoms with E-state index in [1.807, 2.05) is 23.7 Å². The lowest BCUT2D eigenvalue weighted by Gasteiger charge is -2.30. The summed E-state index contributed by atoms with van der Waals surface area (Å²) in [6, 6.07) is 13.6. The zero-order valence-corrected chi connectivity index (χ0v) is 18.9. The fourth-order valence-electron chi connectivity index (χ4n) is 5.01. The van der Waals surface area contributed by atoms with E-state index in [4.69, 9.17) is 16.5 Å². The fourth-order valence-corrected chi connectivity index (χ4v) is 5.01. The number of benzene rings is 2. The number of piperidine rings is 1. The van der Waals surface area contributed by atoms with Crippen molar-refractivity contribution in [2.75, 3.05) is 13.1 Å². The summed E-state index contributed by atoms with van der Waals surface area (Å²) in [5.41, 5.74) is 15.8. The molecule has 1 fully saturated rings. The number of hydrogen-bond acceptors (Lipinski definition) is 4. The highest BCUT2D eigenvalue weighted by molar-refractivity contribution is 6.09. The predicted molar refractivity (Wildman–Crippen MR) is 129 cm³/mol. The Morgan fingerprint density at radius 1 is 1.18 bits per heavy atom. The number of rotatable bonds is 4. The average Bonchev–Trinajstić information content (AvgIpc) is 3.35. The molecule has 4 N–H and O–H groups in total. The van der Waals surface area contributed by atoms with Gasteiger partial charge in [-0.05, 0) is 44.0 Å². The summed E-state index contributed by atoms with van der Waals surface area (Å²) >= 11 is 0. The molecule has 0 spiro atoms. The van der Waals surface area contributed by atoms with Crippen molar-refractivity contribution in [1.82, 2.24) is 19.0 Å². The highest BCUT2D eigenvalue weighted by Crippen LogP contribution is 2.32. The minimum Gasteiger partial charge on any atom is -0.366 e. The number of likely N-dealkylation sites (tertiary alicyclic amines) is 1. The number of hydrogen-bond donors (Lipinski definition) is 2. The van der Waals surface area contributed by atoms with E-state index < -0.39 is 5.91 Å². The fraction of sp³-hybridized carbons (Fsp3) is 0.320. The zero-order valence-electron chi connectivity index (χ0n) is 18.9. The monoisotopic (exact) mass is 444 g/mol. The van der Waals surface area contributed by atoms with Crippen LogP contribution in [0.4, 0.5) is 0 Å². The van der Waals surface area contributed by atoms with Gasteiger partial charge in [0.1, 0.15) is 0 Å². The molecule has 170 valence electrons. The van der Waals surface area contributed by atoms with E-state index in [2.05, 4.69) is 29.7 Å². The van der Waals surface area contributed by atoms with Crippen molar-refractivity contribution in [1.29, 1.82) is 0 Å². The summed E-state index contributed by atoms with van der Waals surface area (Å²) in [4.78, 5) is 32.3. The summed E-state index contributed by atoms with van der Waals surface area (Å²) in [5, 5.41) is 1.12. The Labute approximate surface area is 191 Å². The van der Waals surface area contributed by atoms with Crippen LogP contribution in [0, 0.1) is 0 Å². The van der Waals surface area contributed by atoms with Gasteiger partial charge < -0.3 is 25.5 Å². The van der Waals surface area contributed by atoms with Crippen molar-refractivity contribution in [3.8, 4) is 11.5 Å². The van der Waals surface area contributed by atoms with Gasteiger partial charge >= 0.3 is 0 Å². The summed E-state index contributed by atoms with van der Waals surface area (Å²) in [6.07, 6.45) is 1.78. The van der Waals surface area contributed by atoms with E-state index in [0.717, 1.165) is 41.8 Å². The maximum atomic E-state index is 13.2. The van der Waals surface area contributed by atoms with E-state index in [0.29, 0.717) is 29.7 Å². The molecule has 33 heavy (non-hydrogen) atoms. The molecular formula is C25H28N6O2. The van der Waals surface area contributed by atoms with Crippen LogP contribution in [-0.2, 0) is 13.6 Å². The maximum Gasteiger partial charge on any atom is 0.254 e. The first-order valence-electron chi connectivity index (χ1n) is 11.3. The van der Waals surface area contributed by atoms with Crippen LogP contribution in [0.2, 0.25) is 0 Å². The van der Waals surface area contributed by atoms with Crippen molar-refractivity contribution in [3.05, 3.63) is 53.6 Å². The third kappa shape index (κ3) is 3.47. The third-order valence-corrected chi connectivity index (χ3v) is 6.58. The molecule has 0 aliphatic carbocycles. The molecule has 5 rings (SSSR count). The Hall–Kier alpha value is -3.65. The van der Waals surface area contributed by atoms with E-state index in [1.54, 1.807) is 17.0 Å². The van der Waals surface area contributed by atoms with Crippen LogP contribution in [0.25, 0.3) is 33.5 Å². The molecule has 3 heterocycles. The standard InChI is InChI=1S/C25H28N6O2/c1-3-31-20-9-5-4-7-15(20)13-21(31)24-28-19-12-16(11-18(23(27)32)22(19)29(24)2)25(33)30-10-6-8-17(26)14-30/h4-5,7,9,11-13,17H,3,6,8,10,14,26H2,1-2H3,(H2,27,32)/t17-/m1/s1. The molecule has 2 amide bonds. The van der Waals surface area contributed by atoms with E-state index >= 15 is 0 Å². The minimum atomic E-state index is -0.587. The number of carbonyl (C=O) groups is 2. The molecule has 2 aromatic carbocycles. The highest BCUT2D eigenvalue weighted by Gasteiger charge is 2.26. The largest absolute Gasteiger partial charge is 0.366 e. The number of fused-ring (bicyclic) bond motifs is 2. The molecular weight excluding hydrogens is 416 g/mol. The minimum absolute atomic E-state index is 0.0283. The summed E-state index contributed by atoms with van der Waals surface area (Å²) in [7, 11) is 1.87. The van der Waals surface area contributed by atoms with Gasteiger partial charge in [0.15, 0.2) is 5.82 Å². The lowest BCUT2D eigenvalue weighted by Crippen LogP contribution is -2.45. The average molecular weight is 445 g/mol. The summed E-state index contributed by atoms with van der Waals surface area (Å²) < 4.78 is 4.09. The second-order valence-electron chi connectivity index (χ2n) is 8.74. The molecule has 8 heteroatoms. The van der Waals surface area contributed by atoms with E-state index in [-0.39, 0.29) is 17.5 Å². The van der Waals surface area contributed by atoms with Gasteiger partial charge in [0.05, 0.1) is 22.3 Å². The molecule has 1 saturated heterocycles. The van der Waals surface area contributed by atoms with Crippen LogP contribution in [0.5, 0.6) is 0 Å². The lowest BCUT2D eigenvalue weighted by atomic mass is 10.0. The number of para-hydroxylation sites is 1. The first-order chi connectivity index (χ1) is 15.9. The molecule has 1 aliphatic rings. The van der Waals surface area contributed by atoms with Gasteiger partial charge in [-0.3, -0.25) is 9.59 Å². The van der Waals surface area contributed by atoms with Crippen molar-refractivity contribution in [2.45, 2.75) is 32.4 Å². The first-order valence-corrected chi connectivity index (χ1v) is 11.3. The Kier molecular flexibility index (Phi) is 5.17. The van der Waals surface area contributed by atoms with Gasteiger partial charge in [-0.25, -0.2) is 4.98 Å². The number of nitrogens with two attached hydrogens (primary N) is 2. The third-order valence-electron chi connectivity index (χ3n) is 6.58. The topological polar surface area (TPSA) is 112 Å². The van der Waals surface area contributed by atoms with Crippen molar-refractivity contribution in [3.63, 3.8) is 0 Å². The van der Waals surface area contributed by atoms with Crippen LogP contribution >= 0.6 is 0 Å². The van der Waals surface area contributed by atoms with Crippen LogP contribution in [0.1, 0.15) is 40.5 Å². The summed E-state index contributed by atoms with van der Waals surface area (Å²) in [5.74, 6) is -0.0184. The van der Waals surface area contributed by atoms with Gasteiger partial charge in [-0.2, -0.15) is 0 Å². The lowest BCUT2D eigenvalue weighted by molar-refractivity contribution is 0.0709. The highest BCUT2D eigenvalue weighted by atomic mass is 16.2. The SMILES string of the molecule is CCn1c(-c2nc3cc(C(=O)N4CCC[C@@H](N)C4)cc(C(N)=O)c3n2C)cc2ccccc21. The molecule has 4 aromatic rings. The van der Waals surface area contributed by atoms with E-state index in [1.165, 1.54) is 0 Å². The van der Waals surface area contributed by atoms with Crippen LogP contribution in [0.3, 0.4) is 0 Å². The van der Waals surface area contributed by atoms with Gasteiger partial charge in [0.2, 0.25) is 0 Å². The van der Waals surface area contributed by atoms with Crippen molar-refractivity contribution in [2.24, 2.45) is 18.5 Å². The zero-order chi connectivity index (χ0) is 23.3. The van der Waals surface area contributed by atoms with Crippen LogP contribution in [-0.4, -0.2) is 50.0 Å². The number of nitrogens with zero attached hydrogens (tertiary/aromatic N) is 4.